The zero-order valence-electron chi connectivity index (χ0n) is 14.2. The second-order valence-electron chi connectivity index (χ2n) is 6.01. The average molecular weight is 379 g/mol. The minimum Gasteiger partial charge on any atom is -0.480 e. The van der Waals surface area contributed by atoms with Gasteiger partial charge in [0, 0.05) is 29.3 Å². The number of carboxylic acids is 1. The summed E-state index contributed by atoms with van der Waals surface area (Å²) in [6.45, 7) is 0. The lowest BCUT2D eigenvalue weighted by Gasteiger charge is -2.16. The van der Waals surface area contributed by atoms with Gasteiger partial charge in [-0.3, -0.25) is 4.79 Å². The quantitative estimate of drug-likeness (QED) is 0.729. The van der Waals surface area contributed by atoms with Gasteiger partial charge in [0.1, 0.15) is 6.04 Å². The first-order chi connectivity index (χ1) is 13.0. The molecule has 0 aliphatic heterocycles. The summed E-state index contributed by atoms with van der Waals surface area (Å²) in [5.74, 6) is -1.09. The number of aromatic nitrogens is 1. The molecule has 1 atom stereocenters. The molecule has 0 aliphatic rings. The number of hydrogen-bond acceptors (Lipinski definition) is 3. The van der Waals surface area contributed by atoms with E-state index in [4.69, 9.17) is 11.6 Å². The second-order valence-corrected chi connectivity index (χ2v) is 6.44. The van der Waals surface area contributed by atoms with E-state index in [1.54, 1.807) is 24.3 Å². The van der Waals surface area contributed by atoms with E-state index in [1.807, 2.05) is 30.3 Å². The fraction of sp³-hybridized carbons (Fsp3) is 0.0952. The molecule has 0 saturated carbocycles. The summed E-state index contributed by atoms with van der Waals surface area (Å²) in [6, 6.07) is 17.9. The largest absolute Gasteiger partial charge is 0.480 e. The predicted molar refractivity (Wildman–Crippen MR) is 103 cm³/mol. The van der Waals surface area contributed by atoms with E-state index >= 15 is 0 Å². The van der Waals surface area contributed by atoms with Gasteiger partial charge in [-0.1, -0.05) is 41.9 Å². The Labute approximate surface area is 160 Å². The van der Waals surface area contributed by atoms with E-state index in [9.17, 15) is 20.0 Å². The van der Waals surface area contributed by atoms with E-state index in [1.165, 1.54) is 16.8 Å². The Morgan fingerprint density at radius 2 is 1.89 bits per heavy atom. The molecule has 5 nitrogen and oxygen atoms in total. The van der Waals surface area contributed by atoms with Crippen molar-refractivity contribution in [2.24, 2.45) is 0 Å². The van der Waals surface area contributed by atoms with Gasteiger partial charge in [0.2, 0.25) is 0 Å². The Morgan fingerprint density at radius 1 is 1.15 bits per heavy atom. The summed E-state index contributed by atoms with van der Waals surface area (Å²) in [6.07, 6.45) is 1.64. The standard InChI is InChI=1S/C21H15ClN2O3/c22-17-7-6-16(13-23)18(12-17)15-8-9-24(20(25)11-15)19(21(26)27)10-14-4-2-1-3-5-14/h1-9,11-12,19H,10H2,(H,26,27). The molecule has 134 valence electrons. The first-order valence-corrected chi connectivity index (χ1v) is 8.56. The summed E-state index contributed by atoms with van der Waals surface area (Å²) in [4.78, 5) is 24.4. The van der Waals surface area contributed by atoms with Crippen LogP contribution in [0, 0.1) is 11.3 Å². The maximum Gasteiger partial charge on any atom is 0.327 e. The van der Waals surface area contributed by atoms with Crippen molar-refractivity contribution in [2.45, 2.75) is 12.5 Å². The van der Waals surface area contributed by atoms with Gasteiger partial charge in [-0.2, -0.15) is 5.26 Å². The minimum absolute atomic E-state index is 0.191. The molecular weight excluding hydrogens is 364 g/mol. The predicted octanol–water partition coefficient (Wildman–Crippen LogP) is 3.91. The van der Waals surface area contributed by atoms with E-state index in [2.05, 4.69) is 6.07 Å². The maximum absolute atomic E-state index is 12.6. The first-order valence-electron chi connectivity index (χ1n) is 8.18. The zero-order valence-corrected chi connectivity index (χ0v) is 14.9. The lowest BCUT2D eigenvalue weighted by atomic mass is 10.0. The molecular formula is C21H15ClN2O3. The van der Waals surface area contributed by atoms with Gasteiger partial charge in [0.25, 0.3) is 5.56 Å². The fourth-order valence-corrected chi connectivity index (χ4v) is 3.08. The molecule has 27 heavy (non-hydrogen) atoms. The van der Waals surface area contributed by atoms with E-state index in [0.29, 0.717) is 21.7 Å². The van der Waals surface area contributed by atoms with Crippen molar-refractivity contribution < 1.29 is 9.90 Å². The molecule has 0 saturated heterocycles. The van der Waals surface area contributed by atoms with Gasteiger partial charge in [-0.25, -0.2) is 4.79 Å². The smallest absolute Gasteiger partial charge is 0.327 e. The number of carbonyl (C=O) groups is 1. The molecule has 0 spiro atoms. The molecule has 1 N–H and O–H groups in total. The number of pyridine rings is 1. The van der Waals surface area contributed by atoms with Crippen molar-refractivity contribution in [2.75, 3.05) is 0 Å². The minimum atomic E-state index is -1.09. The Kier molecular flexibility index (Phi) is 5.39. The monoisotopic (exact) mass is 378 g/mol. The third-order valence-electron chi connectivity index (χ3n) is 4.25. The summed E-state index contributed by atoms with van der Waals surface area (Å²) in [5.41, 5.74) is 1.79. The first kappa shape index (κ1) is 18.4. The summed E-state index contributed by atoms with van der Waals surface area (Å²) < 4.78 is 1.19. The third-order valence-corrected chi connectivity index (χ3v) is 4.49. The summed E-state index contributed by atoms with van der Waals surface area (Å²) >= 11 is 6.01. The number of halogens is 1. The van der Waals surface area contributed by atoms with Crippen LogP contribution in [0.3, 0.4) is 0 Å². The van der Waals surface area contributed by atoms with Gasteiger partial charge >= 0.3 is 5.97 Å². The molecule has 0 amide bonds. The molecule has 6 heteroatoms. The molecule has 3 rings (SSSR count). The highest BCUT2D eigenvalue weighted by Gasteiger charge is 2.21. The van der Waals surface area contributed by atoms with Crippen molar-refractivity contribution in [1.29, 1.82) is 5.26 Å². The van der Waals surface area contributed by atoms with Crippen LogP contribution < -0.4 is 5.56 Å². The highest BCUT2D eigenvalue weighted by Crippen LogP contribution is 2.26. The van der Waals surface area contributed by atoms with Crippen molar-refractivity contribution in [3.63, 3.8) is 0 Å². The van der Waals surface area contributed by atoms with Crippen LogP contribution in [-0.4, -0.2) is 15.6 Å². The lowest BCUT2D eigenvalue weighted by Crippen LogP contribution is -2.30. The van der Waals surface area contributed by atoms with Gasteiger partial charge < -0.3 is 9.67 Å². The topological polar surface area (TPSA) is 83.1 Å². The molecule has 1 unspecified atom stereocenters. The third kappa shape index (κ3) is 4.08. The Balaban J connectivity index is 2.01. The number of hydrogen-bond donors (Lipinski definition) is 1. The Hall–Kier alpha value is -3.36. The van der Waals surface area contributed by atoms with Crippen LogP contribution in [0.1, 0.15) is 17.2 Å². The summed E-state index contributed by atoms with van der Waals surface area (Å²) in [5, 5.41) is 19.3. The number of benzene rings is 2. The summed E-state index contributed by atoms with van der Waals surface area (Å²) in [7, 11) is 0. The van der Waals surface area contributed by atoms with Crippen LogP contribution in [0.5, 0.6) is 0 Å². The number of carboxylic acid groups (broad SMARTS) is 1. The van der Waals surface area contributed by atoms with Crippen LogP contribution in [0.25, 0.3) is 11.1 Å². The van der Waals surface area contributed by atoms with Crippen molar-refractivity contribution >= 4 is 17.6 Å². The Bertz CT molecular complexity index is 1080. The highest BCUT2D eigenvalue weighted by atomic mass is 35.5. The SMILES string of the molecule is N#Cc1ccc(Cl)cc1-c1ccn(C(Cc2ccccc2)C(=O)O)c(=O)c1. The maximum atomic E-state index is 12.6. The van der Waals surface area contributed by atoms with Crippen LogP contribution in [0.15, 0.2) is 71.7 Å². The average Bonchev–Trinajstić information content (AvgIpc) is 2.67. The van der Waals surface area contributed by atoms with Gasteiger partial charge in [0.05, 0.1) is 11.6 Å². The van der Waals surface area contributed by atoms with E-state index in [0.717, 1.165) is 5.56 Å². The fourth-order valence-electron chi connectivity index (χ4n) is 2.91. The van der Waals surface area contributed by atoms with Crippen molar-refractivity contribution in [1.82, 2.24) is 4.57 Å². The Morgan fingerprint density at radius 3 is 2.52 bits per heavy atom. The van der Waals surface area contributed by atoms with Crippen LogP contribution in [-0.2, 0) is 11.2 Å². The number of aliphatic carboxylic acids is 1. The number of nitrogens with zero attached hydrogens (tertiary/aromatic N) is 2. The molecule has 0 fully saturated rings. The normalized spacial score (nSPS) is 11.6. The van der Waals surface area contributed by atoms with Crippen LogP contribution in [0.4, 0.5) is 0 Å². The number of rotatable bonds is 5. The van der Waals surface area contributed by atoms with E-state index < -0.39 is 17.6 Å². The van der Waals surface area contributed by atoms with Gasteiger partial charge in [-0.15, -0.1) is 0 Å². The molecule has 0 bridgehead atoms. The molecule has 0 aliphatic carbocycles. The molecule has 2 aromatic carbocycles. The van der Waals surface area contributed by atoms with Crippen LogP contribution in [0.2, 0.25) is 5.02 Å². The van der Waals surface area contributed by atoms with E-state index in [-0.39, 0.29) is 6.42 Å². The highest BCUT2D eigenvalue weighted by molar-refractivity contribution is 6.30. The second kappa shape index (κ2) is 7.90. The number of nitriles is 1. The van der Waals surface area contributed by atoms with Crippen molar-refractivity contribution in [3.05, 3.63) is 93.4 Å². The van der Waals surface area contributed by atoms with Crippen molar-refractivity contribution in [3.8, 4) is 17.2 Å². The lowest BCUT2D eigenvalue weighted by molar-refractivity contribution is -0.141. The molecule has 3 aromatic rings. The molecule has 1 aromatic heterocycles. The molecule has 0 radical (unpaired) electrons. The van der Waals surface area contributed by atoms with Crippen LogP contribution >= 0.6 is 11.6 Å². The van der Waals surface area contributed by atoms with Gasteiger partial charge in [0.15, 0.2) is 0 Å². The van der Waals surface area contributed by atoms with Gasteiger partial charge in [-0.05, 0) is 35.4 Å². The molecule has 1 heterocycles. The zero-order chi connectivity index (χ0) is 19.4.